The summed E-state index contributed by atoms with van der Waals surface area (Å²) in [6.07, 6.45) is 1.99. The third kappa shape index (κ3) is 3.26. The zero-order chi connectivity index (χ0) is 13.2. The average Bonchev–Trinajstić information content (AvgIpc) is 2.28. The summed E-state index contributed by atoms with van der Waals surface area (Å²) >= 11 is 0. The third-order valence-corrected chi connectivity index (χ3v) is 4.74. The van der Waals surface area contributed by atoms with Crippen LogP contribution in [-0.4, -0.2) is 37.2 Å². The molecule has 18 heavy (non-hydrogen) atoms. The van der Waals surface area contributed by atoms with Crippen molar-refractivity contribution in [1.29, 1.82) is 0 Å². The minimum absolute atomic E-state index is 0.0226. The van der Waals surface area contributed by atoms with E-state index in [1.807, 2.05) is 0 Å². The fourth-order valence-corrected chi connectivity index (χ4v) is 3.90. The van der Waals surface area contributed by atoms with Gasteiger partial charge in [0.05, 0.1) is 5.75 Å². The van der Waals surface area contributed by atoms with E-state index in [9.17, 15) is 8.42 Å². The molecule has 5 nitrogen and oxygen atoms in total. The molecule has 1 aromatic rings. The van der Waals surface area contributed by atoms with Crippen LogP contribution in [0.2, 0.25) is 0 Å². The largest absolute Gasteiger partial charge is 0.316 e. The summed E-state index contributed by atoms with van der Waals surface area (Å²) in [7, 11) is -3.37. The number of hydrogen-bond acceptors (Lipinski definition) is 5. The molecule has 0 saturated carbocycles. The van der Waals surface area contributed by atoms with Gasteiger partial charge in [-0.05, 0) is 51.8 Å². The molecular weight excluding hydrogens is 250 g/mol. The van der Waals surface area contributed by atoms with Gasteiger partial charge in [0, 0.05) is 11.4 Å². The predicted molar refractivity (Wildman–Crippen MR) is 69.2 cm³/mol. The molecule has 1 aromatic heterocycles. The highest BCUT2D eigenvalue weighted by Gasteiger charge is 2.25. The summed E-state index contributed by atoms with van der Waals surface area (Å²) in [6, 6.07) is 1.78. The number of aromatic nitrogens is 2. The molecule has 0 amide bonds. The van der Waals surface area contributed by atoms with E-state index in [0.29, 0.717) is 11.4 Å². The van der Waals surface area contributed by atoms with Gasteiger partial charge in [0.15, 0.2) is 0 Å². The first-order valence-electron chi connectivity index (χ1n) is 6.23. The molecule has 0 bridgehead atoms. The second kappa shape index (κ2) is 5.32. The third-order valence-electron chi connectivity index (χ3n) is 3.09. The van der Waals surface area contributed by atoms with Crippen molar-refractivity contribution in [1.82, 2.24) is 15.3 Å². The summed E-state index contributed by atoms with van der Waals surface area (Å²) in [5.41, 5.74) is 1.39. The Morgan fingerprint density at radius 2 is 2.00 bits per heavy atom. The lowest BCUT2D eigenvalue weighted by atomic mass is 10.0. The van der Waals surface area contributed by atoms with Crippen molar-refractivity contribution < 1.29 is 8.42 Å². The van der Waals surface area contributed by atoms with E-state index in [2.05, 4.69) is 15.3 Å². The van der Waals surface area contributed by atoms with Gasteiger partial charge in [-0.2, -0.15) is 0 Å². The molecule has 0 aliphatic carbocycles. The minimum Gasteiger partial charge on any atom is -0.316 e. The van der Waals surface area contributed by atoms with Gasteiger partial charge in [0.2, 0.25) is 15.0 Å². The molecule has 1 fully saturated rings. The first-order valence-corrected chi connectivity index (χ1v) is 7.88. The first kappa shape index (κ1) is 13.4. The normalized spacial score (nSPS) is 20.9. The highest BCUT2D eigenvalue weighted by molar-refractivity contribution is 7.91. The summed E-state index contributed by atoms with van der Waals surface area (Å²) in [5.74, 6) is 0.316. The van der Waals surface area contributed by atoms with Gasteiger partial charge in [-0.3, -0.25) is 0 Å². The Hall–Kier alpha value is -1.01. The number of sulfone groups is 1. The lowest BCUT2D eigenvalue weighted by Crippen LogP contribution is -2.34. The van der Waals surface area contributed by atoms with Crippen LogP contribution >= 0.6 is 0 Å². The van der Waals surface area contributed by atoms with Crippen molar-refractivity contribution in [2.75, 3.05) is 18.8 Å². The van der Waals surface area contributed by atoms with E-state index in [-0.39, 0.29) is 16.8 Å². The van der Waals surface area contributed by atoms with Gasteiger partial charge >= 0.3 is 0 Å². The molecule has 1 aliphatic rings. The maximum atomic E-state index is 12.3. The van der Waals surface area contributed by atoms with Crippen LogP contribution in [0.3, 0.4) is 0 Å². The van der Waals surface area contributed by atoms with Gasteiger partial charge in [-0.1, -0.05) is 0 Å². The molecule has 6 heteroatoms. The molecular formula is C12H19N3O2S. The lowest BCUT2D eigenvalue weighted by molar-refractivity contribution is 0.403. The Kier molecular flexibility index (Phi) is 3.97. The minimum atomic E-state index is -3.37. The van der Waals surface area contributed by atoms with Crippen molar-refractivity contribution >= 4 is 9.84 Å². The summed E-state index contributed by atoms with van der Waals surface area (Å²) in [4.78, 5) is 8.10. The lowest BCUT2D eigenvalue weighted by Gasteiger charge is -2.22. The average molecular weight is 269 g/mol. The second-order valence-corrected chi connectivity index (χ2v) is 6.86. The van der Waals surface area contributed by atoms with Gasteiger partial charge in [0.25, 0.3) is 0 Å². The molecule has 100 valence electrons. The smallest absolute Gasteiger partial charge is 0.247 e. The van der Waals surface area contributed by atoms with Gasteiger partial charge in [0.1, 0.15) is 0 Å². The van der Waals surface area contributed by atoms with Crippen LogP contribution in [0.25, 0.3) is 0 Å². The van der Waals surface area contributed by atoms with Crippen molar-refractivity contribution in [3.8, 4) is 0 Å². The molecule has 2 heterocycles. The molecule has 0 aromatic carbocycles. The second-order valence-electron chi connectivity index (χ2n) is 4.93. The van der Waals surface area contributed by atoms with E-state index in [1.165, 1.54) is 0 Å². The van der Waals surface area contributed by atoms with Crippen LogP contribution < -0.4 is 5.32 Å². The monoisotopic (exact) mass is 269 g/mol. The predicted octanol–water partition coefficient (Wildman–Crippen LogP) is 0.867. The SMILES string of the molecule is Cc1cc(C)nc(S(=O)(=O)C[C@@H]2CCCNC2)n1. The van der Waals surface area contributed by atoms with Gasteiger partial charge in [-0.15, -0.1) is 0 Å². The van der Waals surface area contributed by atoms with E-state index in [1.54, 1.807) is 19.9 Å². The van der Waals surface area contributed by atoms with Crippen LogP contribution in [0.4, 0.5) is 0 Å². The number of hydrogen-bond donors (Lipinski definition) is 1. The molecule has 2 rings (SSSR count). The molecule has 1 aliphatic heterocycles. The molecule has 1 N–H and O–H groups in total. The molecule has 0 spiro atoms. The van der Waals surface area contributed by atoms with Crippen LogP contribution in [0.1, 0.15) is 24.2 Å². The fraction of sp³-hybridized carbons (Fsp3) is 0.667. The molecule has 0 unspecified atom stereocenters. The van der Waals surface area contributed by atoms with Crippen LogP contribution in [-0.2, 0) is 9.84 Å². The number of nitrogens with zero attached hydrogens (tertiary/aromatic N) is 2. The summed E-state index contributed by atoms with van der Waals surface area (Å²) in [6.45, 7) is 5.33. The quantitative estimate of drug-likeness (QED) is 0.824. The Morgan fingerprint density at radius 3 is 2.56 bits per heavy atom. The van der Waals surface area contributed by atoms with Crippen molar-refractivity contribution in [2.24, 2.45) is 5.92 Å². The Morgan fingerprint density at radius 1 is 1.33 bits per heavy atom. The van der Waals surface area contributed by atoms with Crippen molar-refractivity contribution in [3.63, 3.8) is 0 Å². The van der Waals surface area contributed by atoms with Gasteiger partial charge in [-0.25, -0.2) is 18.4 Å². The molecule has 1 saturated heterocycles. The number of nitrogens with one attached hydrogen (secondary N) is 1. The highest BCUT2D eigenvalue weighted by Crippen LogP contribution is 2.16. The first-order chi connectivity index (χ1) is 8.47. The highest BCUT2D eigenvalue weighted by atomic mass is 32.2. The number of aryl methyl sites for hydroxylation is 2. The van der Waals surface area contributed by atoms with E-state index >= 15 is 0 Å². The fourth-order valence-electron chi connectivity index (χ4n) is 2.28. The van der Waals surface area contributed by atoms with E-state index in [4.69, 9.17) is 0 Å². The summed E-state index contributed by atoms with van der Waals surface area (Å²) < 4.78 is 24.5. The van der Waals surface area contributed by atoms with Crippen LogP contribution in [0.5, 0.6) is 0 Å². The van der Waals surface area contributed by atoms with E-state index < -0.39 is 9.84 Å². The zero-order valence-electron chi connectivity index (χ0n) is 10.8. The summed E-state index contributed by atoms with van der Waals surface area (Å²) in [5, 5.41) is 3.20. The van der Waals surface area contributed by atoms with Gasteiger partial charge < -0.3 is 5.32 Å². The topological polar surface area (TPSA) is 72.0 Å². The standard InChI is InChI=1S/C12H19N3O2S/c1-9-6-10(2)15-12(14-9)18(16,17)8-11-4-3-5-13-7-11/h6,11,13H,3-5,7-8H2,1-2H3/t11-/m1/s1. The Labute approximate surface area is 108 Å². The number of rotatable bonds is 3. The Balaban J connectivity index is 2.19. The molecule has 1 atom stereocenters. The van der Waals surface area contributed by atoms with Crippen LogP contribution in [0, 0.1) is 19.8 Å². The maximum absolute atomic E-state index is 12.3. The zero-order valence-corrected chi connectivity index (χ0v) is 11.6. The maximum Gasteiger partial charge on any atom is 0.247 e. The Bertz CT molecular complexity index is 502. The van der Waals surface area contributed by atoms with Crippen molar-refractivity contribution in [2.45, 2.75) is 31.8 Å². The van der Waals surface area contributed by atoms with Crippen LogP contribution in [0.15, 0.2) is 11.2 Å². The van der Waals surface area contributed by atoms with Crippen molar-refractivity contribution in [3.05, 3.63) is 17.5 Å². The molecule has 0 radical (unpaired) electrons. The van der Waals surface area contributed by atoms with E-state index in [0.717, 1.165) is 25.9 Å². The number of piperidine rings is 1.